The molecule has 2 aromatic rings. The van der Waals surface area contributed by atoms with Gasteiger partial charge in [-0.3, -0.25) is 9.69 Å². The summed E-state index contributed by atoms with van der Waals surface area (Å²) in [6.07, 6.45) is 3.32. The molecule has 1 fully saturated rings. The summed E-state index contributed by atoms with van der Waals surface area (Å²) >= 11 is 1.79. The first-order valence-electron chi connectivity index (χ1n) is 7.20. The van der Waals surface area contributed by atoms with E-state index in [1.165, 1.54) is 22.1 Å². The van der Waals surface area contributed by atoms with E-state index < -0.39 is 0 Å². The van der Waals surface area contributed by atoms with Gasteiger partial charge in [-0.15, -0.1) is 11.3 Å². The van der Waals surface area contributed by atoms with Gasteiger partial charge in [0, 0.05) is 18.3 Å². The first kappa shape index (κ1) is 13.6. The molecule has 1 aliphatic rings. The number of piperidine rings is 1. The lowest BCUT2D eigenvalue weighted by molar-refractivity contribution is -0.127. The van der Waals surface area contributed by atoms with Crippen molar-refractivity contribution < 1.29 is 4.79 Å². The average molecular weight is 288 g/mol. The predicted molar refractivity (Wildman–Crippen MR) is 83.9 cm³/mol. The van der Waals surface area contributed by atoms with E-state index in [-0.39, 0.29) is 11.9 Å². The van der Waals surface area contributed by atoms with Gasteiger partial charge in [0.2, 0.25) is 5.91 Å². The van der Waals surface area contributed by atoms with E-state index in [4.69, 9.17) is 0 Å². The molecule has 4 heteroatoms. The highest BCUT2D eigenvalue weighted by molar-refractivity contribution is 7.17. The Balaban J connectivity index is 1.83. The second-order valence-corrected chi connectivity index (χ2v) is 6.26. The molecular weight excluding hydrogens is 268 g/mol. The second-order valence-electron chi connectivity index (χ2n) is 5.35. The Morgan fingerprint density at radius 3 is 3.10 bits per heavy atom. The van der Waals surface area contributed by atoms with Crippen molar-refractivity contribution >= 4 is 27.3 Å². The number of nitrogens with zero attached hydrogens (tertiary/aromatic N) is 1. The smallest absolute Gasteiger partial charge is 0.237 e. The molecule has 0 radical (unpaired) electrons. The molecule has 0 unspecified atom stereocenters. The van der Waals surface area contributed by atoms with Crippen molar-refractivity contribution in [3.63, 3.8) is 0 Å². The highest BCUT2D eigenvalue weighted by Crippen LogP contribution is 2.28. The van der Waals surface area contributed by atoms with Crippen molar-refractivity contribution in [1.29, 1.82) is 0 Å². The zero-order valence-electron chi connectivity index (χ0n) is 11.8. The Kier molecular flexibility index (Phi) is 4.03. The summed E-state index contributed by atoms with van der Waals surface area (Å²) in [6, 6.07) is 8.55. The molecule has 1 aromatic carbocycles. The van der Waals surface area contributed by atoms with Crippen LogP contribution in [0.15, 0.2) is 29.6 Å². The number of likely N-dealkylation sites (N-methyl/N-ethyl adjacent to an activating group) is 1. The van der Waals surface area contributed by atoms with Crippen LogP contribution in [0, 0.1) is 0 Å². The molecule has 1 amide bonds. The lowest BCUT2D eigenvalue weighted by Crippen LogP contribution is -2.48. The van der Waals surface area contributed by atoms with E-state index in [1.54, 1.807) is 18.4 Å². The largest absolute Gasteiger partial charge is 0.358 e. The van der Waals surface area contributed by atoms with E-state index in [1.807, 2.05) is 0 Å². The van der Waals surface area contributed by atoms with Gasteiger partial charge in [-0.2, -0.15) is 0 Å². The predicted octanol–water partition coefficient (Wildman–Crippen LogP) is 3.00. The molecule has 1 saturated heterocycles. The molecule has 0 saturated carbocycles. The van der Waals surface area contributed by atoms with Crippen molar-refractivity contribution in [3.8, 4) is 0 Å². The molecule has 0 spiro atoms. The Hall–Kier alpha value is -1.39. The maximum atomic E-state index is 12.0. The Morgan fingerprint density at radius 2 is 2.25 bits per heavy atom. The summed E-state index contributed by atoms with van der Waals surface area (Å²) in [5.41, 5.74) is 1.35. The van der Waals surface area contributed by atoms with Crippen LogP contribution in [-0.4, -0.2) is 30.4 Å². The minimum Gasteiger partial charge on any atom is -0.358 e. The number of fused-ring (bicyclic) bond motifs is 1. The van der Waals surface area contributed by atoms with E-state index in [0.29, 0.717) is 0 Å². The molecule has 1 aromatic heterocycles. The van der Waals surface area contributed by atoms with Crippen LogP contribution in [0.4, 0.5) is 0 Å². The van der Waals surface area contributed by atoms with Crippen LogP contribution >= 0.6 is 11.3 Å². The minimum atomic E-state index is 0.0346. The number of carbonyl (C=O) groups is 1. The monoisotopic (exact) mass is 288 g/mol. The molecular formula is C16H20N2OS. The van der Waals surface area contributed by atoms with Gasteiger partial charge in [0.05, 0.1) is 6.04 Å². The molecule has 1 aliphatic heterocycles. The second kappa shape index (κ2) is 5.94. The normalized spacial score (nSPS) is 20.1. The number of benzene rings is 1. The van der Waals surface area contributed by atoms with Crippen molar-refractivity contribution in [2.75, 3.05) is 13.6 Å². The molecule has 3 rings (SSSR count). The van der Waals surface area contributed by atoms with Crippen molar-refractivity contribution in [3.05, 3.63) is 35.2 Å². The van der Waals surface area contributed by atoms with E-state index in [0.717, 1.165) is 25.9 Å². The van der Waals surface area contributed by atoms with Crippen molar-refractivity contribution in [2.24, 2.45) is 0 Å². The third-order valence-corrected chi connectivity index (χ3v) is 5.11. The standard InChI is InChI=1S/C16H20N2OS/c1-17-16(19)14-7-4-5-9-18(14)10-12-11-20-15-8-3-2-6-13(12)15/h2-3,6,8,11,14H,4-5,7,9-10H2,1H3,(H,17,19)/t14-/m1/s1. The van der Waals surface area contributed by atoms with E-state index in [9.17, 15) is 4.79 Å². The highest BCUT2D eigenvalue weighted by atomic mass is 32.1. The van der Waals surface area contributed by atoms with Gasteiger partial charge in [-0.25, -0.2) is 0 Å². The van der Waals surface area contributed by atoms with Crippen LogP contribution in [0.25, 0.3) is 10.1 Å². The van der Waals surface area contributed by atoms with Crippen LogP contribution in [0.5, 0.6) is 0 Å². The summed E-state index contributed by atoms with van der Waals surface area (Å²) in [5, 5.41) is 6.37. The first-order valence-corrected chi connectivity index (χ1v) is 8.08. The Morgan fingerprint density at radius 1 is 1.40 bits per heavy atom. The molecule has 0 aliphatic carbocycles. The SMILES string of the molecule is CNC(=O)[C@H]1CCCCN1Cc1csc2ccccc12. The number of thiophene rings is 1. The molecule has 0 bridgehead atoms. The summed E-state index contributed by atoms with van der Waals surface area (Å²) < 4.78 is 1.33. The maximum absolute atomic E-state index is 12.0. The number of rotatable bonds is 3. The van der Waals surface area contributed by atoms with Gasteiger partial charge >= 0.3 is 0 Å². The molecule has 1 atom stereocenters. The number of hydrogen-bond donors (Lipinski definition) is 1. The molecule has 20 heavy (non-hydrogen) atoms. The van der Waals surface area contributed by atoms with Gasteiger partial charge in [-0.1, -0.05) is 24.6 Å². The summed E-state index contributed by atoms with van der Waals surface area (Å²) in [7, 11) is 1.73. The van der Waals surface area contributed by atoms with E-state index >= 15 is 0 Å². The fourth-order valence-corrected chi connectivity index (χ4v) is 3.97. The lowest BCUT2D eigenvalue weighted by atomic mass is 10.0. The van der Waals surface area contributed by atoms with Crippen LogP contribution in [-0.2, 0) is 11.3 Å². The molecule has 1 N–H and O–H groups in total. The summed E-state index contributed by atoms with van der Waals surface area (Å²) in [5.74, 6) is 0.157. The fraction of sp³-hybridized carbons (Fsp3) is 0.438. The molecule has 2 heterocycles. The average Bonchev–Trinajstić information content (AvgIpc) is 2.90. The number of nitrogens with one attached hydrogen (secondary N) is 1. The topological polar surface area (TPSA) is 32.3 Å². The molecule has 3 nitrogen and oxygen atoms in total. The van der Waals surface area contributed by atoms with Crippen LogP contribution in [0.3, 0.4) is 0 Å². The van der Waals surface area contributed by atoms with Crippen molar-refractivity contribution in [2.45, 2.75) is 31.8 Å². The Bertz CT molecular complexity index is 607. The lowest BCUT2D eigenvalue weighted by Gasteiger charge is -2.34. The minimum absolute atomic E-state index is 0.0346. The third kappa shape index (κ3) is 2.58. The van der Waals surface area contributed by atoms with E-state index in [2.05, 4.69) is 39.9 Å². The third-order valence-electron chi connectivity index (χ3n) is 4.10. The molecule has 106 valence electrons. The van der Waals surface area contributed by atoms with Gasteiger partial charge in [0.1, 0.15) is 0 Å². The van der Waals surface area contributed by atoms with Gasteiger partial charge < -0.3 is 5.32 Å². The van der Waals surface area contributed by atoms with Gasteiger partial charge in [0.25, 0.3) is 0 Å². The summed E-state index contributed by atoms with van der Waals surface area (Å²) in [6.45, 7) is 1.89. The zero-order chi connectivity index (χ0) is 13.9. The number of carbonyl (C=O) groups excluding carboxylic acids is 1. The van der Waals surface area contributed by atoms with Crippen LogP contribution < -0.4 is 5.32 Å². The summed E-state index contributed by atoms with van der Waals surface area (Å²) in [4.78, 5) is 14.3. The number of hydrogen-bond acceptors (Lipinski definition) is 3. The highest BCUT2D eigenvalue weighted by Gasteiger charge is 2.28. The van der Waals surface area contributed by atoms with Crippen LogP contribution in [0.2, 0.25) is 0 Å². The first-order chi connectivity index (χ1) is 9.79. The number of amides is 1. The van der Waals surface area contributed by atoms with Gasteiger partial charge in [0.15, 0.2) is 0 Å². The number of likely N-dealkylation sites (tertiary alicyclic amines) is 1. The maximum Gasteiger partial charge on any atom is 0.237 e. The van der Waals surface area contributed by atoms with Crippen LogP contribution in [0.1, 0.15) is 24.8 Å². The van der Waals surface area contributed by atoms with Crippen molar-refractivity contribution in [1.82, 2.24) is 10.2 Å². The zero-order valence-corrected chi connectivity index (χ0v) is 12.6. The quantitative estimate of drug-likeness (QED) is 0.941. The fourth-order valence-electron chi connectivity index (χ4n) is 3.02. The van der Waals surface area contributed by atoms with Gasteiger partial charge in [-0.05, 0) is 41.8 Å². The Labute approximate surface area is 123 Å².